The number of ketones is 1. The Morgan fingerprint density at radius 3 is 2.73 bits per heavy atom. The topological polar surface area (TPSA) is 64.1 Å². The number of anilines is 1. The number of nitrogens with zero attached hydrogens (tertiary/aromatic N) is 2. The molecule has 1 fully saturated rings. The Bertz CT molecular complexity index is 817. The zero-order valence-corrected chi connectivity index (χ0v) is 14.2. The minimum atomic E-state index is -0.639. The standard InChI is InChI=1S/C19H19F2N3O2/c20-13-4-11(5-14(21)8-13)12-6-17-16(18(25)7-12)10-23-19(24-17)22-9-15-2-1-3-26-15/h4-5,8,10,12,15H,1-3,6-7,9H2,(H,22,23,24)/t12-,15-/m0/s1. The van der Waals surface area contributed by atoms with Crippen LogP contribution in [-0.2, 0) is 11.2 Å². The summed E-state index contributed by atoms with van der Waals surface area (Å²) in [7, 11) is 0. The average molecular weight is 359 g/mol. The Labute approximate surface area is 149 Å². The molecule has 2 heterocycles. The summed E-state index contributed by atoms with van der Waals surface area (Å²) in [5, 5.41) is 3.15. The van der Waals surface area contributed by atoms with Crippen molar-refractivity contribution in [3.05, 3.63) is 52.9 Å². The summed E-state index contributed by atoms with van der Waals surface area (Å²) in [6.07, 6.45) is 4.38. The molecule has 4 rings (SSSR count). The van der Waals surface area contributed by atoms with E-state index >= 15 is 0 Å². The first-order chi connectivity index (χ1) is 12.6. The molecule has 0 amide bonds. The molecule has 2 aliphatic rings. The Kier molecular flexibility index (Phi) is 4.63. The van der Waals surface area contributed by atoms with Crippen LogP contribution in [0.4, 0.5) is 14.7 Å². The predicted molar refractivity (Wildman–Crippen MR) is 91.2 cm³/mol. The van der Waals surface area contributed by atoms with Crippen molar-refractivity contribution in [3.8, 4) is 0 Å². The first kappa shape index (κ1) is 17.0. The third-order valence-corrected chi connectivity index (χ3v) is 4.91. The molecule has 26 heavy (non-hydrogen) atoms. The fourth-order valence-electron chi connectivity index (χ4n) is 3.59. The van der Waals surface area contributed by atoms with Crippen molar-refractivity contribution < 1.29 is 18.3 Å². The van der Waals surface area contributed by atoms with Crippen LogP contribution < -0.4 is 5.32 Å². The highest BCUT2D eigenvalue weighted by molar-refractivity contribution is 5.98. The van der Waals surface area contributed by atoms with Crippen LogP contribution in [0.5, 0.6) is 0 Å². The van der Waals surface area contributed by atoms with Gasteiger partial charge in [0, 0.05) is 31.8 Å². The van der Waals surface area contributed by atoms with Crippen LogP contribution in [0.3, 0.4) is 0 Å². The van der Waals surface area contributed by atoms with Gasteiger partial charge in [-0.3, -0.25) is 4.79 Å². The van der Waals surface area contributed by atoms with Crippen molar-refractivity contribution >= 4 is 11.7 Å². The Morgan fingerprint density at radius 1 is 1.19 bits per heavy atom. The first-order valence-electron chi connectivity index (χ1n) is 8.79. The third-order valence-electron chi connectivity index (χ3n) is 4.91. The predicted octanol–water partition coefficient (Wildman–Crippen LogP) is 3.26. The highest BCUT2D eigenvalue weighted by atomic mass is 19.1. The van der Waals surface area contributed by atoms with E-state index in [1.165, 1.54) is 18.3 Å². The van der Waals surface area contributed by atoms with Gasteiger partial charge in [0.15, 0.2) is 5.78 Å². The van der Waals surface area contributed by atoms with Crippen LogP contribution >= 0.6 is 0 Å². The molecule has 5 nitrogen and oxygen atoms in total. The third kappa shape index (κ3) is 3.58. The van der Waals surface area contributed by atoms with Gasteiger partial charge in [0.25, 0.3) is 0 Å². The lowest BCUT2D eigenvalue weighted by Crippen LogP contribution is -2.23. The molecule has 2 atom stereocenters. The minimum absolute atomic E-state index is 0.105. The number of fused-ring (bicyclic) bond motifs is 1. The van der Waals surface area contributed by atoms with Crippen LogP contribution in [0.15, 0.2) is 24.4 Å². The van der Waals surface area contributed by atoms with Crippen molar-refractivity contribution in [1.29, 1.82) is 0 Å². The highest BCUT2D eigenvalue weighted by Crippen LogP contribution is 2.32. The van der Waals surface area contributed by atoms with Gasteiger partial charge < -0.3 is 10.1 Å². The lowest BCUT2D eigenvalue weighted by Gasteiger charge is -2.23. The van der Waals surface area contributed by atoms with Crippen molar-refractivity contribution in [2.75, 3.05) is 18.5 Å². The van der Waals surface area contributed by atoms with Crippen molar-refractivity contribution in [1.82, 2.24) is 9.97 Å². The van der Waals surface area contributed by atoms with E-state index in [1.54, 1.807) is 0 Å². The summed E-state index contributed by atoms with van der Waals surface area (Å²) in [6.45, 7) is 1.39. The van der Waals surface area contributed by atoms with Gasteiger partial charge in [-0.05, 0) is 42.9 Å². The molecule has 1 aromatic carbocycles. The number of ether oxygens (including phenoxy) is 1. The molecule has 0 saturated carbocycles. The number of Topliss-reactive ketones (excluding diaryl/α,β-unsaturated/α-hetero) is 1. The molecule has 136 valence electrons. The molecular formula is C19H19F2N3O2. The second kappa shape index (κ2) is 7.07. The van der Waals surface area contributed by atoms with Crippen molar-refractivity contribution in [3.63, 3.8) is 0 Å². The molecule has 1 saturated heterocycles. The highest BCUT2D eigenvalue weighted by Gasteiger charge is 2.29. The second-order valence-corrected chi connectivity index (χ2v) is 6.80. The maximum atomic E-state index is 13.5. The van der Waals surface area contributed by atoms with E-state index in [2.05, 4.69) is 15.3 Å². The number of nitrogens with one attached hydrogen (secondary N) is 1. The Morgan fingerprint density at radius 2 is 2.00 bits per heavy atom. The summed E-state index contributed by atoms with van der Waals surface area (Å²) in [4.78, 5) is 21.1. The fraction of sp³-hybridized carbons (Fsp3) is 0.421. The molecule has 1 aromatic heterocycles. The van der Waals surface area contributed by atoms with Gasteiger partial charge in [-0.15, -0.1) is 0 Å². The van der Waals surface area contributed by atoms with Gasteiger partial charge in [-0.25, -0.2) is 18.7 Å². The number of carbonyl (C=O) groups is 1. The van der Waals surface area contributed by atoms with Crippen LogP contribution in [0.1, 0.15) is 46.8 Å². The molecular weight excluding hydrogens is 340 g/mol. The summed E-state index contributed by atoms with van der Waals surface area (Å²) < 4.78 is 32.6. The van der Waals surface area contributed by atoms with E-state index in [1.807, 2.05) is 0 Å². The maximum absolute atomic E-state index is 13.5. The fourth-order valence-corrected chi connectivity index (χ4v) is 3.59. The normalized spacial score (nSPS) is 22.3. The number of aromatic nitrogens is 2. The van der Waals surface area contributed by atoms with Gasteiger partial charge in [-0.1, -0.05) is 0 Å². The summed E-state index contributed by atoms with van der Waals surface area (Å²) in [5.74, 6) is -1.23. The first-order valence-corrected chi connectivity index (χ1v) is 8.79. The monoisotopic (exact) mass is 359 g/mol. The summed E-state index contributed by atoms with van der Waals surface area (Å²) in [5.41, 5.74) is 1.58. The van der Waals surface area contributed by atoms with E-state index in [-0.39, 0.29) is 24.2 Å². The smallest absolute Gasteiger partial charge is 0.222 e. The number of halogens is 2. The number of hydrogen-bond donors (Lipinski definition) is 1. The number of carbonyl (C=O) groups excluding carboxylic acids is 1. The zero-order chi connectivity index (χ0) is 18.1. The number of benzene rings is 1. The van der Waals surface area contributed by atoms with E-state index in [9.17, 15) is 13.6 Å². The Hall–Kier alpha value is -2.41. The molecule has 7 heteroatoms. The van der Waals surface area contributed by atoms with Crippen LogP contribution in [0.2, 0.25) is 0 Å². The van der Waals surface area contributed by atoms with Gasteiger partial charge in [0.2, 0.25) is 5.95 Å². The van der Waals surface area contributed by atoms with E-state index < -0.39 is 11.6 Å². The molecule has 1 aliphatic carbocycles. The SMILES string of the molecule is O=C1C[C@@H](c2cc(F)cc(F)c2)Cc2nc(NC[C@@H]3CCCO3)ncc21. The van der Waals surface area contributed by atoms with E-state index in [0.29, 0.717) is 35.7 Å². The van der Waals surface area contributed by atoms with Gasteiger partial charge in [0.05, 0.1) is 17.4 Å². The maximum Gasteiger partial charge on any atom is 0.222 e. The number of hydrogen-bond acceptors (Lipinski definition) is 5. The molecule has 0 unspecified atom stereocenters. The van der Waals surface area contributed by atoms with E-state index in [4.69, 9.17) is 4.74 Å². The van der Waals surface area contributed by atoms with Gasteiger partial charge in [-0.2, -0.15) is 0 Å². The summed E-state index contributed by atoms with van der Waals surface area (Å²) in [6, 6.07) is 3.39. The van der Waals surface area contributed by atoms with Crippen LogP contribution in [-0.4, -0.2) is 35.0 Å². The van der Waals surface area contributed by atoms with Crippen LogP contribution in [0.25, 0.3) is 0 Å². The molecule has 0 spiro atoms. The largest absolute Gasteiger partial charge is 0.376 e. The molecule has 1 N–H and O–H groups in total. The van der Waals surface area contributed by atoms with E-state index in [0.717, 1.165) is 25.5 Å². The molecule has 1 aliphatic heterocycles. The lowest BCUT2D eigenvalue weighted by atomic mass is 9.82. The summed E-state index contributed by atoms with van der Waals surface area (Å²) >= 11 is 0. The van der Waals surface area contributed by atoms with Crippen LogP contribution in [0, 0.1) is 11.6 Å². The quantitative estimate of drug-likeness (QED) is 0.908. The second-order valence-electron chi connectivity index (χ2n) is 6.80. The average Bonchev–Trinajstić information content (AvgIpc) is 3.12. The van der Waals surface area contributed by atoms with Gasteiger partial charge in [0.1, 0.15) is 11.6 Å². The lowest BCUT2D eigenvalue weighted by molar-refractivity contribution is 0.0962. The Balaban J connectivity index is 1.53. The molecule has 0 bridgehead atoms. The number of rotatable bonds is 4. The van der Waals surface area contributed by atoms with Gasteiger partial charge >= 0.3 is 0 Å². The minimum Gasteiger partial charge on any atom is -0.376 e. The zero-order valence-electron chi connectivity index (χ0n) is 14.2. The van der Waals surface area contributed by atoms with Crippen molar-refractivity contribution in [2.24, 2.45) is 0 Å². The molecule has 0 radical (unpaired) electrons. The molecule has 2 aromatic rings. The van der Waals surface area contributed by atoms with Crippen molar-refractivity contribution in [2.45, 2.75) is 37.7 Å².